The van der Waals surface area contributed by atoms with Crippen molar-refractivity contribution in [1.29, 1.82) is 0 Å². The maximum Gasteiger partial charge on any atom is 0.253 e. The number of nitrogens with one attached hydrogen (secondary N) is 1. The minimum Gasteiger partial charge on any atom is -0.339 e. The fourth-order valence-corrected chi connectivity index (χ4v) is 4.73. The molecule has 0 saturated heterocycles. The van der Waals surface area contributed by atoms with E-state index in [1.165, 1.54) is 19.3 Å². The number of amides is 2. The van der Waals surface area contributed by atoms with Gasteiger partial charge in [-0.25, -0.2) is 0 Å². The topological polar surface area (TPSA) is 49.4 Å². The van der Waals surface area contributed by atoms with Crippen LogP contribution < -0.4 is 5.32 Å². The molecule has 2 aliphatic carbocycles. The maximum atomic E-state index is 12.9. The first-order valence-electron chi connectivity index (χ1n) is 9.75. The molecule has 3 atom stereocenters. The number of carbonyl (C=O) groups is 2. The van der Waals surface area contributed by atoms with Gasteiger partial charge in [-0.2, -0.15) is 0 Å². The van der Waals surface area contributed by atoms with E-state index in [0.29, 0.717) is 30.5 Å². The number of hydrogen-bond donors (Lipinski definition) is 1. The Hall–Kier alpha value is -1.84. The van der Waals surface area contributed by atoms with Gasteiger partial charge < -0.3 is 10.2 Å². The Kier molecular flexibility index (Phi) is 5.16. The second-order valence-electron chi connectivity index (χ2n) is 7.54. The van der Waals surface area contributed by atoms with Gasteiger partial charge in [-0.1, -0.05) is 26.2 Å². The summed E-state index contributed by atoms with van der Waals surface area (Å²) in [6, 6.07) is 7.33. The first-order chi connectivity index (χ1) is 12.0. The summed E-state index contributed by atoms with van der Waals surface area (Å²) in [5.41, 5.74) is 1.32. The normalized spacial score (nSPS) is 27.8. The number of benzene rings is 1. The second-order valence-corrected chi connectivity index (χ2v) is 7.54. The van der Waals surface area contributed by atoms with Crippen LogP contribution in [-0.4, -0.2) is 29.8 Å². The zero-order valence-corrected chi connectivity index (χ0v) is 15.7. The SMILES string of the molecule is CCN(CC)C(=O)c1ccc(NC(=O)C23CCCCCC2C3C)cc1. The Labute approximate surface area is 151 Å². The van der Waals surface area contributed by atoms with E-state index in [4.69, 9.17) is 0 Å². The lowest BCUT2D eigenvalue weighted by molar-refractivity contribution is -0.122. The molecule has 0 aliphatic heterocycles. The van der Waals surface area contributed by atoms with Crippen LogP contribution in [0.1, 0.15) is 63.2 Å². The van der Waals surface area contributed by atoms with Crippen LogP contribution in [0.5, 0.6) is 0 Å². The van der Waals surface area contributed by atoms with Crippen LogP contribution in [0.2, 0.25) is 0 Å². The summed E-state index contributed by atoms with van der Waals surface area (Å²) in [7, 11) is 0. The third-order valence-electron chi connectivity index (χ3n) is 6.44. The molecule has 0 radical (unpaired) electrons. The zero-order chi connectivity index (χ0) is 18.0. The summed E-state index contributed by atoms with van der Waals surface area (Å²) in [5.74, 6) is 1.27. The molecule has 4 nitrogen and oxygen atoms in total. The first kappa shape index (κ1) is 18.0. The van der Waals surface area contributed by atoms with E-state index in [2.05, 4.69) is 12.2 Å². The number of fused-ring (bicyclic) bond motifs is 1. The molecule has 1 aromatic carbocycles. The summed E-state index contributed by atoms with van der Waals surface area (Å²) >= 11 is 0. The molecule has 0 aromatic heterocycles. The lowest BCUT2D eigenvalue weighted by atomic mass is 9.94. The van der Waals surface area contributed by atoms with E-state index in [-0.39, 0.29) is 17.2 Å². The van der Waals surface area contributed by atoms with Crippen LogP contribution in [0.4, 0.5) is 5.69 Å². The van der Waals surface area contributed by atoms with Gasteiger partial charge in [-0.15, -0.1) is 0 Å². The molecule has 3 unspecified atom stereocenters. The van der Waals surface area contributed by atoms with Gasteiger partial charge in [0.15, 0.2) is 0 Å². The van der Waals surface area contributed by atoms with Crippen molar-refractivity contribution >= 4 is 17.5 Å². The monoisotopic (exact) mass is 342 g/mol. The van der Waals surface area contributed by atoms with Crippen LogP contribution >= 0.6 is 0 Å². The summed E-state index contributed by atoms with van der Waals surface area (Å²) in [4.78, 5) is 27.1. The molecule has 1 N–H and O–H groups in total. The molecule has 4 heteroatoms. The van der Waals surface area contributed by atoms with Crippen LogP contribution in [0.15, 0.2) is 24.3 Å². The average Bonchev–Trinajstić information content (AvgIpc) is 3.27. The summed E-state index contributed by atoms with van der Waals surface area (Å²) in [5, 5.41) is 3.11. The lowest BCUT2D eigenvalue weighted by Crippen LogP contribution is -2.30. The fourth-order valence-electron chi connectivity index (χ4n) is 4.73. The predicted octanol–water partition coefficient (Wildman–Crippen LogP) is 4.32. The average molecular weight is 342 g/mol. The van der Waals surface area contributed by atoms with Crippen molar-refractivity contribution in [3.8, 4) is 0 Å². The largest absolute Gasteiger partial charge is 0.339 e. The molecule has 0 heterocycles. The van der Waals surface area contributed by atoms with Crippen molar-refractivity contribution in [3.05, 3.63) is 29.8 Å². The molecule has 2 saturated carbocycles. The smallest absolute Gasteiger partial charge is 0.253 e. The summed E-state index contributed by atoms with van der Waals surface area (Å²) < 4.78 is 0. The highest BCUT2D eigenvalue weighted by atomic mass is 16.2. The Balaban J connectivity index is 1.67. The molecule has 0 spiro atoms. The Morgan fingerprint density at radius 2 is 1.80 bits per heavy atom. The molecule has 2 aliphatic rings. The number of nitrogens with zero attached hydrogens (tertiary/aromatic N) is 1. The molecule has 1 aromatic rings. The van der Waals surface area contributed by atoms with Crippen molar-refractivity contribution < 1.29 is 9.59 Å². The fraction of sp³-hybridized carbons (Fsp3) is 0.619. The minimum atomic E-state index is -0.147. The van der Waals surface area contributed by atoms with Crippen molar-refractivity contribution in [3.63, 3.8) is 0 Å². The quantitative estimate of drug-likeness (QED) is 0.866. The van der Waals surface area contributed by atoms with Crippen molar-refractivity contribution in [2.75, 3.05) is 18.4 Å². The van der Waals surface area contributed by atoms with E-state index >= 15 is 0 Å². The number of hydrogen-bond acceptors (Lipinski definition) is 2. The Bertz CT molecular complexity index is 636. The number of carbonyl (C=O) groups excluding carboxylic acids is 2. The Morgan fingerprint density at radius 1 is 1.12 bits per heavy atom. The zero-order valence-electron chi connectivity index (χ0n) is 15.7. The van der Waals surface area contributed by atoms with E-state index in [0.717, 1.165) is 18.5 Å². The lowest BCUT2D eigenvalue weighted by Gasteiger charge is -2.19. The molecular formula is C21H30N2O2. The molecule has 0 bridgehead atoms. The maximum absolute atomic E-state index is 12.9. The highest BCUT2D eigenvalue weighted by Crippen LogP contribution is 2.65. The van der Waals surface area contributed by atoms with E-state index in [1.807, 2.05) is 38.1 Å². The third-order valence-corrected chi connectivity index (χ3v) is 6.44. The molecule has 136 valence electrons. The Morgan fingerprint density at radius 3 is 2.44 bits per heavy atom. The first-order valence-corrected chi connectivity index (χ1v) is 9.75. The molecule has 25 heavy (non-hydrogen) atoms. The third kappa shape index (κ3) is 3.19. The minimum absolute atomic E-state index is 0.0427. The molecule has 3 rings (SSSR count). The van der Waals surface area contributed by atoms with Gasteiger partial charge >= 0.3 is 0 Å². The van der Waals surface area contributed by atoms with Gasteiger partial charge in [0, 0.05) is 24.3 Å². The van der Waals surface area contributed by atoms with Crippen molar-refractivity contribution in [2.45, 2.75) is 52.9 Å². The van der Waals surface area contributed by atoms with E-state index < -0.39 is 0 Å². The van der Waals surface area contributed by atoms with Crippen LogP contribution in [0.3, 0.4) is 0 Å². The number of anilines is 1. The van der Waals surface area contributed by atoms with Gasteiger partial charge in [0.25, 0.3) is 5.91 Å². The van der Waals surface area contributed by atoms with Gasteiger partial charge in [0.1, 0.15) is 0 Å². The highest BCUT2D eigenvalue weighted by Gasteiger charge is 2.65. The highest BCUT2D eigenvalue weighted by molar-refractivity contribution is 5.99. The predicted molar refractivity (Wildman–Crippen MR) is 100 cm³/mol. The molecule has 2 amide bonds. The van der Waals surface area contributed by atoms with Crippen molar-refractivity contribution in [1.82, 2.24) is 4.90 Å². The van der Waals surface area contributed by atoms with Gasteiger partial charge in [0.05, 0.1) is 5.41 Å². The second kappa shape index (κ2) is 7.19. The van der Waals surface area contributed by atoms with Gasteiger partial charge in [-0.05, 0) is 62.8 Å². The molecule has 2 fully saturated rings. The van der Waals surface area contributed by atoms with E-state index in [1.54, 1.807) is 4.90 Å². The van der Waals surface area contributed by atoms with Crippen LogP contribution in [0.25, 0.3) is 0 Å². The summed E-state index contributed by atoms with van der Waals surface area (Å²) in [6.07, 6.45) is 5.87. The standard InChI is InChI=1S/C21H30N2O2/c1-4-23(5-2)19(24)16-10-12-17(13-11-16)22-20(25)21-14-8-6-7-9-18(21)15(21)3/h10-13,15,18H,4-9,14H2,1-3H3,(H,22,25). The summed E-state index contributed by atoms with van der Waals surface area (Å²) in [6.45, 7) is 7.59. The van der Waals surface area contributed by atoms with Gasteiger partial charge in [0.2, 0.25) is 5.91 Å². The number of rotatable bonds is 5. The van der Waals surface area contributed by atoms with Crippen LogP contribution in [0, 0.1) is 17.3 Å². The van der Waals surface area contributed by atoms with Crippen LogP contribution in [-0.2, 0) is 4.79 Å². The van der Waals surface area contributed by atoms with Gasteiger partial charge in [-0.3, -0.25) is 9.59 Å². The molecular weight excluding hydrogens is 312 g/mol. The van der Waals surface area contributed by atoms with Crippen molar-refractivity contribution in [2.24, 2.45) is 17.3 Å². The van der Waals surface area contributed by atoms with E-state index in [9.17, 15) is 9.59 Å².